The van der Waals surface area contributed by atoms with Crippen LogP contribution >= 0.6 is 15.9 Å². The van der Waals surface area contributed by atoms with E-state index in [1.165, 1.54) is 0 Å². The molecule has 20 heavy (non-hydrogen) atoms. The second-order valence-corrected chi connectivity index (χ2v) is 4.99. The predicted molar refractivity (Wildman–Crippen MR) is 82.7 cm³/mol. The monoisotopic (exact) mass is 331 g/mol. The van der Waals surface area contributed by atoms with E-state index in [1.807, 2.05) is 31.2 Å². The number of amides is 1. The molecule has 0 atom stereocenters. The Balaban J connectivity index is 2.14. The Kier molecular flexibility index (Phi) is 5.01. The van der Waals surface area contributed by atoms with Gasteiger partial charge in [0.2, 0.25) is 0 Å². The molecule has 4 nitrogen and oxygen atoms in total. The molecule has 1 heterocycles. The fourth-order valence-electron chi connectivity index (χ4n) is 1.69. The van der Waals surface area contributed by atoms with Crippen molar-refractivity contribution in [1.82, 2.24) is 10.4 Å². The number of hydrazone groups is 1. The summed E-state index contributed by atoms with van der Waals surface area (Å²) < 4.78 is 0.979. The molecule has 0 fully saturated rings. The Morgan fingerprint density at radius 1 is 1.30 bits per heavy atom. The lowest BCUT2D eigenvalue weighted by Crippen LogP contribution is -2.20. The van der Waals surface area contributed by atoms with Crippen LogP contribution in [0.5, 0.6) is 0 Å². The van der Waals surface area contributed by atoms with E-state index in [0.29, 0.717) is 5.69 Å². The zero-order valence-electron chi connectivity index (χ0n) is 11.0. The van der Waals surface area contributed by atoms with Crippen LogP contribution in [-0.4, -0.2) is 16.6 Å². The molecule has 1 aromatic heterocycles. The van der Waals surface area contributed by atoms with E-state index in [1.54, 1.807) is 24.4 Å². The van der Waals surface area contributed by atoms with Gasteiger partial charge in [0.1, 0.15) is 5.69 Å². The van der Waals surface area contributed by atoms with Gasteiger partial charge in [0.05, 0.1) is 5.71 Å². The third-order valence-corrected chi connectivity index (χ3v) is 3.18. The maximum absolute atomic E-state index is 11.9. The number of nitrogens with zero attached hydrogens (tertiary/aromatic N) is 2. The minimum atomic E-state index is -0.313. The van der Waals surface area contributed by atoms with Gasteiger partial charge in [0.15, 0.2) is 0 Å². The largest absolute Gasteiger partial charge is 0.289 e. The zero-order valence-corrected chi connectivity index (χ0v) is 12.6. The van der Waals surface area contributed by atoms with Crippen LogP contribution in [0.1, 0.15) is 29.4 Å². The molecule has 0 aliphatic rings. The topological polar surface area (TPSA) is 54.4 Å². The SMILES string of the molecule is CC/C(=N/NC(=O)c1ccccn1)c1cccc(Br)c1. The third-order valence-electron chi connectivity index (χ3n) is 2.68. The molecule has 5 heteroatoms. The van der Waals surface area contributed by atoms with Gasteiger partial charge in [-0.3, -0.25) is 9.78 Å². The number of pyridine rings is 1. The van der Waals surface area contributed by atoms with E-state index in [4.69, 9.17) is 0 Å². The average molecular weight is 332 g/mol. The van der Waals surface area contributed by atoms with Gasteiger partial charge in [0, 0.05) is 10.7 Å². The maximum Gasteiger partial charge on any atom is 0.289 e. The first-order chi connectivity index (χ1) is 9.70. The number of halogens is 1. The van der Waals surface area contributed by atoms with Gasteiger partial charge in [-0.2, -0.15) is 5.10 Å². The lowest BCUT2D eigenvalue weighted by atomic mass is 10.1. The number of aromatic nitrogens is 1. The summed E-state index contributed by atoms with van der Waals surface area (Å²) in [6, 6.07) is 13.0. The Morgan fingerprint density at radius 2 is 2.15 bits per heavy atom. The number of hydrogen-bond acceptors (Lipinski definition) is 3. The van der Waals surface area contributed by atoms with Crippen molar-refractivity contribution in [2.24, 2.45) is 5.10 Å². The maximum atomic E-state index is 11.9. The minimum absolute atomic E-state index is 0.313. The summed E-state index contributed by atoms with van der Waals surface area (Å²) in [5.41, 5.74) is 4.68. The summed E-state index contributed by atoms with van der Waals surface area (Å²) in [5, 5.41) is 4.19. The van der Waals surface area contributed by atoms with E-state index in [0.717, 1.165) is 22.2 Å². The second-order valence-electron chi connectivity index (χ2n) is 4.08. The molecule has 1 N–H and O–H groups in total. The quantitative estimate of drug-likeness (QED) is 0.689. The summed E-state index contributed by atoms with van der Waals surface area (Å²) in [7, 11) is 0. The fourth-order valence-corrected chi connectivity index (χ4v) is 2.09. The van der Waals surface area contributed by atoms with Gasteiger partial charge in [-0.1, -0.05) is 41.1 Å². The zero-order chi connectivity index (χ0) is 14.4. The molecule has 0 aliphatic heterocycles. The fraction of sp³-hybridized carbons (Fsp3) is 0.133. The summed E-state index contributed by atoms with van der Waals surface area (Å²) in [6.07, 6.45) is 2.30. The summed E-state index contributed by atoms with van der Waals surface area (Å²) in [4.78, 5) is 15.9. The molecule has 0 unspecified atom stereocenters. The highest BCUT2D eigenvalue weighted by molar-refractivity contribution is 9.10. The number of nitrogens with one attached hydrogen (secondary N) is 1. The average Bonchev–Trinajstić information content (AvgIpc) is 2.48. The van der Waals surface area contributed by atoms with Crippen molar-refractivity contribution >= 4 is 27.5 Å². The number of carbonyl (C=O) groups is 1. The Hall–Kier alpha value is -2.01. The van der Waals surface area contributed by atoms with Crippen LogP contribution in [0.2, 0.25) is 0 Å². The molecular formula is C15H14BrN3O. The van der Waals surface area contributed by atoms with Crippen LogP contribution in [0, 0.1) is 0 Å². The highest BCUT2D eigenvalue weighted by atomic mass is 79.9. The first kappa shape index (κ1) is 14.4. The molecule has 1 aromatic carbocycles. The van der Waals surface area contributed by atoms with Crippen molar-refractivity contribution in [3.8, 4) is 0 Å². The summed E-state index contributed by atoms with van der Waals surface area (Å²) in [6.45, 7) is 1.99. The third kappa shape index (κ3) is 3.74. The highest BCUT2D eigenvalue weighted by Gasteiger charge is 2.06. The van der Waals surface area contributed by atoms with Gasteiger partial charge < -0.3 is 0 Å². The Labute approximate surface area is 126 Å². The lowest BCUT2D eigenvalue weighted by Gasteiger charge is -2.05. The van der Waals surface area contributed by atoms with Crippen LogP contribution in [0.4, 0.5) is 0 Å². The summed E-state index contributed by atoms with van der Waals surface area (Å²) in [5.74, 6) is -0.313. The smallest absolute Gasteiger partial charge is 0.266 e. The van der Waals surface area contributed by atoms with Crippen LogP contribution < -0.4 is 5.43 Å². The van der Waals surface area contributed by atoms with Crippen molar-refractivity contribution in [2.45, 2.75) is 13.3 Å². The molecule has 0 radical (unpaired) electrons. The van der Waals surface area contributed by atoms with Crippen LogP contribution in [0.3, 0.4) is 0 Å². The van der Waals surface area contributed by atoms with E-state index in [-0.39, 0.29) is 5.91 Å². The molecule has 0 saturated heterocycles. The second kappa shape index (κ2) is 6.96. The van der Waals surface area contributed by atoms with Crippen LogP contribution in [-0.2, 0) is 0 Å². The first-order valence-electron chi connectivity index (χ1n) is 6.24. The minimum Gasteiger partial charge on any atom is -0.266 e. The molecule has 2 rings (SSSR count). The van der Waals surface area contributed by atoms with Gasteiger partial charge in [-0.15, -0.1) is 0 Å². The van der Waals surface area contributed by atoms with Gasteiger partial charge in [-0.05, 0) is 36.2 Å². The van der Waals surface area contributed by atoms with Crippen molar-refractivity contribution < 1.29 is 4.79 Å². The van der Waals surface area contributed by atoms with Gasteiger partial charge in [-0.25, -0.2) is 5.43 Å². The van der Waals surface area contributed by atoms with Crippen molar-refractivity contribution in [2.75, 3.05) is 0 Å². The summed E-state index contributed by atoms with van der Waals surface area (Å²) >= 11 is 3.42. The van der Waals surface area contributed by atoms with Gasteiger partial charge >= 0.3 is 0 Å². The normalized spacial score (nSPS) is 11.2. The van der Waals surface area contributed by atoms with E-state index >= 15 is 0 Å². The Bertz CT molecular complexity index is 626. The van der Waals surface area contributed by atoms with Crippen molar-refractivity contribution in [3.05, 3.63) is 64.4 Å². The number of hydrogen-bond donors (Lipinski definition) is 1. The number of benzene rings is 1. The van der Waals surface area contributed by atoms with E-state index in [2.05, 4.69) is 31.4 Å². The molecule has 2 aromatic rings. The molecule has 0 bridgehead atoms. The number of carbonyl (C=O) groups excluding carboxylic acids is 1. The lowest BCUT2D eigenvalue weighted by molar-refractivity contribution is 0.0950. The van der Waals surface area contributed by atoms with Crippen molar-refractivity contribution in [3.63, 3.8) is 0 Å². The number of rotatable bonds is 4. The first-order valence-corrected chi connectivity index (χ1v) is 7.04. The molecule has 102 valence electrons. The van der Waals surface area contributed by atoms with Crippen LogP contribution in [0.25, 0.3) is 0 Å². The molecule has 0 spiro atoms. The van der Waals surface area contributed by atoms with Gasteiger partial charge in [0.25, 0.3) is 5.91 Å². The standard InChI is InChI=1S/C15H14BrN3O/c1-2-13(11-6-5-7-12(16)10-11)18-19-15(20)14-8-3-4-9-17-14/h3-10H,2H2,1H3,(H,19,20)/b18-13-. The molecular weight excluding hydrogens is 318 g/mol. The Morgan fingerprint density at radius 3 is 2.80 bits per heavy atom. The predicted octanol–water partition coefficient (Wildman–Crippen LogP) is 3.39. The van der Waals surface area contributed by atoms with E-state index in [9.17, 15) is 4.79 Å². The van der Waals surface area contributed by atoms with Crippen molar-refractivity contribution in [1.29, 1.82) is 0 Å². The van der Waals surface area contributed by atoms with E-state index < -0.39 is 0 Å². The molecule has 0 aliphatic carbocycles. The molecule has 0 saturated carbocycles. The molecule has 1 amide bonds. The highest BCUT2D eigenvalue weighted by Crippen LogP contribution is 2.13. The van der Waals surface area contributed by atoms with Crippen LogP contribution in [0.15, 0.2) is 58.2 Å².